The zero-order valence-electron chi connectivity index (χ0n) is 25.5. The number of hydrogen-bond donors (Lipinski definition) is 4. The Labute approximate surface area is 256 Å². The van der Waals surface area contributed by atoms with Crippen LogP contribution < -0.4 is 21.3 Å². The molecule has 10 nitrogen and oxygen atoms in total. The molecule has 0 spiro atoms. The minimum atomic E-state index is -4.60. The topological polar surface area (TPSA) is 123 Å². The number of likely N-dealkylation sites (N-methyl/N-ethyl adjacent to an activating group) is 1. The van der Waals surface area contributed by atoms with E-state index >= 15 is 0 Å². The van der Waals surface area contributed by atoms with Crippen LogP contribution in [0, 0.1) is 0 Å². The molecule has 2 aliphatic heterocycles. The number of aromatic nitrogens is 2. The van der Waals surface area contributed by atoms with Crippen molar-refractivity contribution < 1.29 is 23.1 Å². The van der Waals surface area contributed by atoms with E-state index in [0.29, 0.717) is 61.9 Å². The molecule has 0 atom stereocenters. The number of nitrogens with zero attached hydrogens (tertiary/aromatic N) is 5. The monoisotopic (exact) mass is 616 g/mol. The van der Waals surface area contributed by atoms with Gasteiger partial charge in [0.15, 0.2) is 17.3 Å². The second-order valence-electron chi connectivity index (χ2n) is 12.3. The maximum Gasteiger partial charge on any atom is 0.418 e. The number of carbonyl (C=O) groups is 1. The number of hydrogen-bond acceptors (Lipinski definition) is 9. The van der Waals surface area contributed by atoms with E-state index in [1.807, 2.05) is 4.90 Å². The van der Waals surface area contributed by atoms with E-state index in [4.69, 9.17) is 5.73 Å². The lowest BCUT2D eigenvalue weighted by molar-refractivity contribution is -0.137. The maximum atomic E-state index is 14.4. The van der Waals surface area contributed by atoms with Crippen molar-refractivity contribution in [3.8, 4) is 0 Å². The van der Waals surface area contributed by atoms with Crippen molar-refractivity contribution >= 4 is 34.5 Å². The maximum absolute atomic E-state index is 14.4. The summed E-state index contributed by atoms with van der Waals surface area (Å²) in [6.07, 6.45) is -0.628. The molecule has 3 aliphatic rings. The number of anilines is 4. The zero-order valence-corrected chi connectivity index (χ0v) is 25.5. The van der Waals surface area contributed by atoms with Crippen LogP contribution in [-0.2, 0) is 6.18 Å². The first-order valence-electron chi connectivity index (χ1n) is 15.4. The summed E-state index contributed by atoms with van der Waals surface area (Å²) < 4.78 is 43.3. The highest BCUT2D eigenvalue weighted by Gasteiger charge is 2.37. The van der Waals surface area contributed by atoms with Gasteiger partial charge in [-0.3, -0.25) is 9.69 Å². The van der Waals surface area contributed by atoms with E-state index in [1.54, 1.807) is 13.0 Å². The molecule has 0 bridgehead atoms. The molecular weight excluding hydrogens is 573 g/mol. The van der Waals surface area contributed by atoms with Gasteiger partial charge >= 0.3 is 6.18 Å². The lowest BCUT2D eigenvalue weighted by Gasteiger charge is -2.43. The van der Waals surface area contributed by atoms with Gasteiger partial charge in [-0.05, 0) is 76.3 Å². The van der Waals surface area contributed by atoms with Crippen LogP contribution >= 0.6 is 0 Å². The Morgan fingerprint density at radius 2 is 1.64 bits per heavy atom. The molecule has 2 aromatic rings. The summed E-state index contributed by atoms with van der Waals surface area (Å²) in [6, 6.07) is 4.48. The van der Waals surface area contributed by atoms with Crippen LogP contribution in [0.4, 0.5) is 36.2 Å². The van der Waals surface area contributed by atoms with Gasteiger partial charge in [-0.1, -0.05) is 6.58 Å². The molecular formula is C31H43F3N8O2. The second-order valence-corrected chi connectivity index (χ2v) is 12.3. The number of allylic oxidation sites excluding steroid dienone is 1. The third-order valence-electron chi connectivity index (χ3n) is 9.00. The first-order chi connectivity index (χ1) is 20.9. The Morgan fingerprint density at radius 3 is 2.23 bits per heavy atom. The molecule has 13 heteroatoms. The van der Waals surface area contributed by atoms with E-state index < -0.39 is 17.6 Å². The minimum Gasteiger partial charge on any atom is -0.393 e. The number of rotatable bonds is 8. The van der Waals surface area contributed by atoms with Crippen LogP contribution in [0.5, 0.6) is 0 Å². The fourth-order valence-electron chi connectivity index (χ4n) is 6.42. The van der Waals surface area contributed by atoms with E-state index in [0.717, 1.165) is 45.1 Å². The number of nitrogens with one attached hydrogen (secondary N) is 2. The van der Waals surface area contributed by atoms with Gasteiger partial charge in [-0.25, -0.2) is 9.97 Å². The number of benzene rings is 1. The number of amides is 1. The number of piperazine rings is 1. The molecule has 1 amide bonds. The minimum absolute atomic E-state index is 0.00888. The third kappa shape index (κ3) is 7.44. The van der Waals surface area contributed by atoms with Crippen LogP contribution in [0.2, 0.25) is 0 Å². The largest absolute Gasteiger partial charge is 0.418 e. The van der Waals surface area contributed by atoms with Crippen LogP contribution in [0.25, 0.3) is 5.57 Å². The smallest absolute Gasteiger partial charge is 0.393 e. The first-order valence-corrected chi connectivity index (χ1v) is 15.4. The van der Waals surface area contributed by atoms with Crippen molar-refractivity contribution in [2.75, 3.05) is 61.8 Å². The number of carbonyl (C=O) groups excluding carboxylic acids is 1. The van der Waals surface area contributed by atoms with E-state index in [1.165, 1.54) is 6.07 Å². The van der Waals surface area contributed by atoms with E-state index in [9.17, 15) is 23.1 Å². The van der Waals surface area contributed by atoms with Gasteiger partial charge in [0.2, 0.25) is 0 Å². The first kappa shape index (κ1) is 32.0. The molecule has 5 rings (SSSR count). The number of primary amides is 1. The Kier molecular flexibility index (Phi) is 9.66. The molecule has 1 aromatic carbocycles. The predicted molar refractivity (Wildman–Crippen MR) is 166 cm³/mol. The number of aliphatic hydroxyl groups excluding tert-OH is 1. The molecule has 240 valence electrons. The number of aliphatic hydroxyl groups is 1. The molecule has 2 saturated heterocycles. The Bertz CT molecular complexity index is 1350. The number of nitrogens with two attached hydrogens (primary N) is 1. The molecule has 1 aliphatic carbocycles. The van der Waals surface area contributed by atoms with Gasteiger partial charge in [-0.15, -0.1) is 0 Å². The zero-order chi connectivity index (χ0) is 31.6. The molecule has 3 heterocycles. The Balaban J connectivity index is 1.38. The summed E-state index contributed by atoms with van der Waals surface area (Å²) in [4.78, 5) is 27.9. The normalized spacial score (nSPS) is 22.5. The quantitative estimate of drug-likeness (QED) is 0.344. The molecule has 1 aromatic heterocycles. The highest BCUT2D eigenvalue weighted by Crippen LogP contribution is 2.40. The number of piperidine rings is 1. The van der Waals surface area contributed by atoms with Gasteiger partial charge in [0, 0.05) is 62.7 Å². The van der Waals surface area contributed by atoms with Gasteiger partial charge in [0.05, 0.1) is 11.7 Å². The van der Waals surface area contributed by atoms with Crippen molar-refractivity contribution in [1.29, 1.82) is 0 Å². The summed E-state index contributed by atoms with van der Waals surface area (Å²) in [5, 5.41) is 16.1. The summed E-state index contributed by atoms with van der Waals surface area (Å²) in [5.41, 5.74) is 5.82. The number of alkyl halides is 3. The van der Waals surface area contributed by atoms with Crippen LogP contribution in [0.3, 0.4) is 0 Å². The van der Waals surface area contributed by atoms with E-state index in [2.05, 4.69) is 44.0 Å². The molecule has 1 saturated carbocycles. The SMILES string of the molecule is C=C(C)c1nc(C(N)=O)c(Nc2ccc(N3CCC(N4CCN(C)CC4)CC3)c(C(F)(F)F)c2)nc1NC1CCC(O)CC1. The highest BCUT2D eigenvalue weighted by atomic mass is 19.4. The van der Waals surface area contributed by atoms with E-state index in [-0.39, 0.29) is 35.0 Å². The molecule has 3 fully saturated rings. The predicted octanol–water partition coefficient (Wildman–Crippen LogP) is 4.30. The standard InChI is InChI=1S/C31H43F3N8O2/c1-19(2)26-29(36-20-4-7-23(43)8-5-20)39-30(27(38-26)28(35)44)37-21-6-9-25(24(18-21)31(32,33)34)42-12-10-22(11-13-42)41-16-14-40(3)15-17-41/h6,9,18,20,22-23,43H,1,4-5,7-8,10-17H2,2-3H3,(H2,35,44)(H2,36,37,39). The van der Waals surface area contributed by atoms with Gasteiger partial charge in [-0.2, -0.15) is 13.2 Å². The lowest BCUT2D eigenvalue weighted by atomic mass is 9.93. The second kappa shape index (κ2) is 13.3. The summed E-state index contributed by atoms with van der Waals surface area (Å²) in [5.74, 6) is -0.567. The lowest BCUT2D eigenvalue weighted by Crippen LogP contribution is -2.52. The fraction of sp³-hybridized carbons (Fsp3) is 0.581. The highest BCUT2D eigenvalue weighted by molar-refractivity contribution is 5.97. The molecule has 0 unspecified atom stereocenters. The van der Waals surface area contributed by atoms with Crippen molar-refractivity contribution in [1.82, 2.24) is 19.8 Å². The van der Waals surface area contributed by atoms with Crippen molar-refractivity contribution in [2.24, 2.45) is 5.73 Å². The van der Waals surface area contributed by atoms with Crippen LogP contribution in [-0.4, -0.2) is 95.3 Å². The number of halogens is 3. The van der Waals surface area contributed by atoms with Crippen molar-refractivity contribution in [3.63, 3.8) is 0 Å². The average molecular weight is 617 g/mol. The summed E-state index contributed by atoms with van der Waals surface area (Å²) >= 11 is 0. The molecule has 5 N–H and O–H groups in total. The van der Waals surface area contributed by atoms with Gasteiger partial charge < -0.3 is 31.3 Å². The Morgan fingerprint density at radius 1 is 0.977 bits per heavy atom. The van der Waals surface area contributed by atoms with Gasteiger partial charge in [0.25, 0.3) is 5.91 Å². The fourth-order valence-corrected chi connectivity index (χ4v) is 6.42. The Hall–Kier alpha value is -3.42. The van der Waals surface area contributed by atoms with Gasteiger partial charge in [0.1, 0.15) is 5.69 Å². The van der Waals surface area contributed by atoms with Crippen molar-refractivity contribution in [3.05, 3.63) is 41.7 Å². The summed E-state index contributed by atoms with van der Waals surface area (Å²) in [7, 11) is 2.11. The third-order valence-corrected chi connectivity index (χ3v) is 9.00. The molecule has 0 radical (unpaired) electrons. The van der Waals surface area contributed by atoms with Crippen LogP contribution in [0.15, 0.2) is 24.8 Å². The summed E-state index contributed by atoms with van der Waals surface area (Å²) in [6.45, 7) is 10.7. The molecule has 44 heavy (non-hydrogen) atoms. The average Bonchev–Trinajstić information content (AvgIpc) is 2.98. The van der Waals surface area contributed by atoms with Crippen LogP contribution in [0.1, 0.15) is 67.2 Å². The van der Waals surface area contributed by atoms with Crippen molar-refractivity contribution in [2.45, 2.75) is 69.8 Å².